The van der Waals surface area contributed by atoms with Crippen molar-refractivity contribution in [1.82, 2.24) is 0 Å². The van der Waals surface area contributed by atoms with Crippen LogP contribution in [0, 0.1) is 0 Å². The maximum absolute atomic E-state index is 10.2. The van der Waals surface area contributed by atoms with Crippen LogP contribution in [-0.4, -0.2) is 91.7 Å². The predicted molar refractivity (Wildman–Crippen MR) is 137 cm³/mol. The molecular formula is C20H32MoO12S4. The molecule has 17 heteroatoms. The number of carboxylic acid groups (broad SMARTS) is 4. The van der Waals surface area contributed by atoms with Gasteiger partial charge >= 0.3 is 23.9 Å². The molecule has 4 N–H and O–H groups in total. The molecule has 37 heavy (non-hydrogen) atoms. The summed E-state index contributed by atoms with van der Waals surface area (Å²) < 4.78 is 19.4. The van der Waals surface area contributed by atoms with Crippen molar-refractivity contribution in [1.29, 1.82) is 0 Å². The number of carbonyl (C=O) groups is 4. The summed E-state index contributed by atoms with van der Waals surface area (Å²) in [4.78, 5) is 40.9. The van der Waals surface area contributed by atoms with Crippen molar-refractivity contribution in [3.05, 3.63) is 0 Å². The van der Waals surface area contributed by atoms with Crippen LogP contribution in [0.2, 0.25) is 0 Å². The molecule has 0 amide bonds. The Balaban J connectivity index is 0.000000463. The van der Waals surface area contributed by atoms with E-state index < -0.39 is 48.3 Å². The molecule has 4 aliphatic rings. The first-order valence-electron chi connectivity index (χ1n) is 11.3. The molecule has 12 nitrogen and oxygen atoms in total. The minimum Gasteiger partial charge on any atom is -0.479 e. The fourth-order valence-electron chi connectivity index (χ4n) is 2.68. The van der Waals surface area contributed by atoms with Gasteiger partial charge in [-0.05, 0) is 99.5 Å². The summed E-state index contributed by atoms with van der Waals surface area (Å²) in [5.74, 6) is 0.301. The molecule has 4 saturated heterocycles. The van der Waals surface area contributed by atoms with Crippen LogP contribution in [-0.2, 0) is 57.0 Å². The third kappa shape index (κ3) is 17.9. The Labute approximate surface area is 247 Å². The molecule has 4 rings (SSSR count). The molecule has 0 bridgehead atoms. The minimum atomic E-state index is -0.845. The molecule has 0 aromatic heterocycles. The van der Waals surface area contributed by atoms with E-state index in [9.17, 15) is 19.2 Å². The zero-order valence-electron chi connectivity index (χ0n) is 19.9. The smallest absolute Gasteiger partial charge is 0.334 e. The number of aliphatic carboxylic acids is 4. The van der Waals surface area contributed by atoms with E-state index in [0.29, 0.717) is 25.7 Å². The largest absolute Gasteiger partial charge is 0.479 e. The minimum absolute atomic E-state index is 0. The van der Waals surface area contributed by atoms with Gasteiger partial charge in [0.1, 0.15) is 0 Å². The fraction of sp³-hybridized carbons (Fsp3) is 0.800. The maximum atomic E-state index is 10.2. The van der Waals surface area contributed by atoms with E-state index in [0.717, 1.165) is 48.7 Å². The van der Waals surface area contributed by atoms with Crippen LogP contribution >= 0.6 is 48.2 Å². The summed E-state index contributed by atoms with van der Waals surface area (Å²) in [6.07, 6.45) is 4.14. The molecule has 4 fully saturated rings. The second kappa shape index (κ2) is 22.6. The molecule has 0 saturated carbocycles. The van der Waals surface area contributed by atoms with Crippen LogP contribution in [0.5, 0.6) is 0 Å². The van der Waals surface area contributed by atoms with Crippen molar-refractivity contribution in [3.8, 4) is 0 Å². The molecule has 4 heterocycles. The second-order valence-electron chi connectivity index (χ2n) is 7.55. The zero-order chi connectivity index (χ0) is 26.8. The van der Waals surface area contributed by atoms with Crippen molar-refractivity contribution in [2.75, 3.05) is 23.0 Å². The van der Waals surface area contributed by atoms with Gasteiger partial charge in [-0.3, -0.25) is 0 Å². The number of rotatable bonds is 4. The van der Waals surface area contributed by atoms with Gasteiger partial charge in [0.15, 0.2) is 24.4 Å². The number of hydrogen-bond acceptors (Lipinski definition) is 12. The van der Waals surface area contributed by atoms with Gasteiger partial charge in [-0.15, -0.1) is 0 Å². The van der Waals surface area contributed by atoms with Crippen LogP contribution in [0.15, 0.2) is 0 Å². The SMILES string of the molecule is O=C(O)C1CCCSO1.O=C(O)C1CCCSO1.O=C(O)C1CCCSO1.O=C(O)C1CCCSO1.[Mo]. The molecule has 4 aliphatic heterocycles. The average molecular weight is 689 g/mol. The Morgan fingerprint density at radius 3 is 0.730 bits per heavy atom. The van der Waals surface area contributed by atoms with E-state index in [1.54, 1.807) is 0 Å². The third-order valence-corrected chi connectivity index (χ3v) is 7.91. The second-order valence-corrected chi connectivity index (χ2v) is 10.9. The summed E-state index contributed by atoms with van der Waals surface area (Å²) >= 11 is 5.00. The van der Waals surface area contributed by atoms with Crippen LogP contribution in [0.3, 0.4) is 0 Å². The van der Waals surface area contributed by atoms with Gasteiger partial charge in [-0.2, -0.15) is 0 Å². The van der Waals surface area contributed by atoms with Crippen LogP contribution in [0.1, 0.15) is 51.4 Å². The molecule has 0 spiro atoms. The van der Waals surface area contributed by atoms with Crippen molar-refractivity contribution >= 4 is 72.0 Å². The standard InChI is InChI=1S/4C5H8O3S.Mo/c4*6-5(7)4-2-1-3-9-8-4;/h4*4H,1-3H2,(H,6,7);. The van der Waals surface area contributed by atoms with Gasteiger partial charge in [-0.25, -0.2) is 19.2 Å². The van der Waals surface area contributed by atoms with E-state index in [2.05, 4.69) is 0 Å². The average Bonchev–Trinajstić information content (AvgIpc) is 2.92. The van der Waals surface area contributed by atoms with E-state index in [4.69, 9.17) is 37.2 Å². The van der Waals surface area contributed by atoms with Gasteiger partial charge in [-0.1, -0.05) is 0 Å². The van der Waals surface area contributed by atoms with Crippen molar-refractivity contribution in [2.24, 2.45) is 0 Å². The number of hydrogen-bond donors (Lipinski definition) is 4. The summed E-state index contributed by atoms with van der Waals surface area (Å²) in [7, 11) is 0. The van der Waals surface area contributed by atoms with E-state index in [-0.39, 0.29) is 21.1 Å². The van der Waals surface area contributed by atoms with Crippen LogP contribution in [0.25, 0.3) is 0 Å². The van der Waals surface area contributed by atoms with Gasteiger partial charge in [0.25, 0.3) is 0 Å². The normalized spacial score (nSPS) is 27.0. The molecule has 214 valence electrons. The Bertz CT molecular complexity index is 554. The molecule has 0 radical (unpaired) electrons. The third-order valence-electron chi connectivity index (χ3n) is 4.61. The maximum Gasteiger partial charge on any atom is 0.334 e. The van der Waals surface area contributed by atoms with E-state index in [1.165, 1.54) is 48.2 Å². The molecule has 4 atom stereocenters. The molecular weight excluding hydrogens is 656 g/mol. The van der Waals surface area contributed by atoms with Crippen molar-refractivity contribution in [3.63, 3.8) is 0 Å². The Kier molecular flexibility index (Phi) is 22.5. The first-order valence-corrected chi connectivity index (χ1v) is 14.9. The molecule has 0 aliphatic carbocycles. The first-order chi connectivity index (χ1) is 17.2. The topological polar surface area (TPSA) is 186 Å². The van der Waals surface area contributed by atoms with Crippen LogP contribution < -0.4 is 0 Å². The summed E-state index contributed by atoms with van der Waals surface area (Å²) in [5.41, 5.74) is 0. The van der Waals surface area contributed by atoms with E-state index >= 15 is 0 Å². The Morgan fingerprint density at radius 1 is 0.459 bits per heavy atom. The van der Waals surface area contributed by atoms with Crippen molar-refractivity contribution < 1.29 is 77.4 Å². The van der Waals surface area contributed by atoms with Gasteiger partial charge in [0.2, 0.25) is 0 Å². The summed E-state index contributed by atoms with van der Waals surface area (Å²) in [6, 6.07) is 0. The quantitative estimate of drug-likeness (QED) is 0.248. The van der Waals surface area contributed by atoms with Gasteiger partial charge < -0.3 is 37.2 Å². The molecule has 0 aromatic carbocycles. The summed E-state index contributed by atoms with van der Waals surface area (Å²) in [5, 5.41) is 33.6. The molecule has 4 unspecified atom stereocenters. The first kappa shape index (κ1) is 36.8. The monoisotopic (exact) mass is 690 g/mol. The van der Waals surface area contributed by atoms with Crippen LogP contribution in [0.4, 0.5) is 0 Å². The zero-order valence-corrected chi connectivity index (χ0v) is 25.2. The predicted octanol–water partition coefficient (Wildman–Crippen LogP) is 3.59. The summed E-state index contributed by atoms with van der Waals surface area (Å²) in [6.45, 7) is 0. The van der Waals surface area contributed by atoms with Gasteiger partial charge in [0.05, 0.1) is 0 Å². The Morgan fingerprint density at radius 2 is 0.649 bits per heavy atom. The fourth-order valence-corrected chi connectivity index (χ4v) is 5.58. The molecule has 0 aromatic rings. The van der Waals surface area contributed by atoms with Crippen molar-refractivity contribution in [2.45, 2.75) is 75.8 Å². The Hall–Kier alpha value is -0.192. The van der Waals surface area contributed by atoms with E-state index in [1.807, 2.05) is 0 Å². The van der Waals surface area contributed by atoms with Gasteiger partial charge in [0, 0.05) is 44.1 Å². The number of carboxylic acids is 4.